The normalized spacial score (nSPS) is 17.5. The Hall–Kier alpha value is -3.76. The van der Waals surface area contributed by atoms with E-state index in [2.05, 4.69) is 47.2 Å². The van der Waals surface area contributed by atoms with Crippen molar-refractivity contribution in [1.29, 1.82) is 0 Å². The van der Waals surface area contributed by atoms with Crippen molar-refractivity contribution in [1.82, 2.24) is 20.9 Å². The summed E-state index contributed by atoms with van der Waals surface area (Å²) in [4.78, 5) is 44.7. The molecular formula is C24H26BrF3N6O6. The second-order valence-corrected chi connectivity index (χ2v) is 9.97. The number of aliphatic hydroxyl groups is 2. The van der Waals surface area contributed by atoms with Crippen LogP contribution in [0.1, 0.15) is 40.9 Å². The Morgan fingerprint density at radius 3 is 2.55 bits per heavy atom. The number of carbonyl (C=O) groups excluding carboxylic acids is 2. The summed E-state index contributed by atoms with van der Waals surface area (Å²) in [6.07, 6.45) is -3.64. The number of aromatic nitrogens is 1. The van der Waals surface area contributed by atoms with Crippen molar-refractivity contribution in [2.45, 2.75) is 37.3 Å². The van der Waals surface area contributed by atoms with Crippen molar-refractivity contribution >= 4 is 45.4 Å². The zero-order valence-corrected chi connectivity index (χ0v) is 22.5. The first-order valence-corrected chi connectivity index (χ1v) is 12.5. The Bertz CT molecular complexity index is 1310. The third kappa shape index (κ3) is 8.12. The SMILES string of the molecule is CC(O)(c1cc(Br)cc(C(CC(=O)O)NC(=O)CNC(=O)c2cncc(NC3=NCC(O)CN3)c2)c1)C(F)(F)F. The van der Waals surface area contributed by atoms with Crippen molar-refractivity contribution in [3.05, 3.63) is 57.8 Å². The maximum Gasteiger partial charge on any atom is 0.421 e. The Labute approximate surface area is 234 Å². The van der Waals surface area contributed by atoms with Crippen LogP contribution < -0.4 is 21.3 Å². The molecule has 2 aromatic rings. The number of carbonyl (C=O) groups is 3. The molecule has 0 saturated carbocycles. The fourth-order valence-corrected chi connectivity index (χ4v) is 4.09. The molecule has 7 N–H and O–H groups in total. The van der Waals surface area contributed by atoms with Crippen molar-refractivity contribution in [2.24, 2.45) is 4.99 Å². The van der Waals surface area contributed by atoms with E-state index in [0.29, 0.717) is 25.1 Å². The van der Waals surface area contributed by atoms with Gasteiger partial charge in [0.2, 0.25) is 5.91 Å². The number of pyridine rings is 1. The first-order chi connectivity index (χ1) is 18.7. The number of aliphatic hydroxyl groups excluding tert-OH is 1. The van der Waals surface area contributed by atoms with E-state index in [1.165, 1.54) is 24.5 Å². The van der Waals surface area contributed by atoms with Crippen LogP contribution in [0.2, 0.25) is 0 Å². The molecule has 16 heteroatoms. The largest absolute Gasteiger partial charge is 0.481 e. The van der Waals surface area contributed by atoms with E-state index in [4.69, 9.17) is 0 Å². The van der Waals surface area contributed by atoms with E-state index >= 15 is 0 Å². The van der Waals surface area contributed by atoms with Crippen LogP contribution in [-0.4, -0.2) is 76.0 Å². The summed E-state index contributed by atoms with van der Waals surface area (Å²) in [5.41, 5.74) is -3.32. The number of amides is 2. The summed E-state index contributed by atoms with van der Waals surface area (Å²) in [5.74, 6) is -2.47. The summed E-state index contributed by atoms with van der Waals surface area (Å²) in [6.45, 7) is 0.464. The van der Waals surface area contributed by atoms with Gasteiger partial charge in [0.25, 0.3) is 5.91 Å². The first-order valence-electron chi connectivity index (χ1n) is 11.7. The fourth-order valence-electron chi connectivity index (χ4n) is 3.58. The molecule has 40 heavy (non-hydrogen) atoms. The van der Waals surface area contributed by atoms with Gasteiger partial charge in [-0.05, 0) is 36.2 Å². The second kappa shape index (κ2) is 12.6. The molecule has 0 spiro atoms. The number of rotatable bonds is 9. The number of hydrogen-bond acceptors (Lipinski definition) is 9. The molecule has 216 valence electrons. The third-order valence-electron chi connectivity index (χ3n) is 5.79. The molecule has 1 aromatic heterocycles. The monoisotopic (exact) mass is 630 g/mol. The number of aliphatic imine (C=N–C) groups is 1. The maximum atomic E-state index is 13.4. The zero-order chi connectivity index (χ0) is 29.7. The lowest BCUT2D eigenvalue weighted by Crippen LogP contribution is -2.42. The quantitative estimate of drug-likeness (QED) is 0.215. The lowest BCUT2D eigenvalue weighted by molar-refractivity contribution is -0.258. The van der Waals surface area contributed by atoms with Crippen LogP contribution in [0.4, 0.5) is 18.9 Å². The molecule has 2 amide bonds. The van der Waals surface area contributed by atoms with Crippen LogP contribution in [0.25, 0.3) is 0 Å². The predicted octanol–water partition coefficient (Wildman–Crippen LogP) is 1.41. The first kappa shape index (κ1) is 30.8. The molecule has 3 rings (SSSR count). The van der Waals surface area contributed by atoms with Crippen LogP contribution >= 0.6 is 15.9 Å². The molecule has 0 fully saturated rings. The lowest BCUT2D eigenvalue weighted by atomic mass is 9.91. The van der Waals surface area contributed by atoms with Gasteiger partial charge in [0, 0.05) is 17.2 Å². The zero-order valence-electron chi connectivity index (χ0n) is 20.9. The van der Waals surface area contributed by atoms with E-state index < -0.39 is 60.2 Å². The van der Waals surface area contributed by atoms with Crippen LogP contribution in [0.3, 0.4) is 0 Å². The van der Waals surface area contributed by atoms with E-state index in [-0.39, 0.29) is 22.1 Å². The highest BCUT2D eigenvalue weighted by molar-refractivity contribution is 9.10. The summed E-state index contributed by atoms with van der Waals surface area (Å²) in [7, 11) is 0. The van der Waals surface area contributed by atoms with Crippen molar-refractivity contribution < 1.29 is 42.9 Å². The summed E-state index contributed by atoms with van der Waals surface area (Å²) >= 11 is 3.06. The Balaban J connectivity index is 1.68. The van der Waals surface area contributed by atoms with E-state index in [1.807, 2.05) is 0 Å². The number of carboxylic acid groups (broad SMARTS) is 1. The van der Waals surface area contributed by atoms with Crippen LogP contribution in [0.15, 0.2) is 46.1 Å². The standard InChI is InChI=1S/C24H26BrF3N6O6/c1-23(40,24(26,27)28)14-2-12(3-15(25)5-14)18(6-20(37)38)34-19(36)11-30-21(39)13-4-16(8-29-7-13)33-22-31-9-17(35)10-32-22/h2-5,7-8,17-18,35,40H,6,9-11H2,1H3,(H,30,39)(H,34,36)(H,37,38)(H2,31,32,33). The molecule has 3 unspecified atom stereocenters. The molecule has 0 aliphatic carbocycles. The van der Waals surface area contributed by atoms with Gasteiger partial charge in [0.05, 0.1) is 49.1 Å². The summed E-state index contributed by atoms with van der Waals surface area (Å²) in [5, 5.41) is 39.4. The van der Waals surface area contributed by atoms with Crippen molar-refractivity contribution in [3.8, 4) is 0 Å². The Morgan fingerprint density at radius 1 is 1.20 bits per heavy atom. The van der Waals surface area contributed by atoms with Gasteiger partial charge in [-0.1, -0.05) is 22.0 Å². The molecule has 12 nitrogen and oxygen atoms in total. The van der Waals surface area contributed by atoms with Gasteiger partial charge < -0.3 is 36.6 Å². The van der Waals surface area contributed by atoms with Gasteiger partial charge in [-0.25, -0.2) is 0 Å². The summed E-state index contributed by atoms with van der Waals surface area (Å²) < 4.78 is 40.3. The Kier molecular flexibility index (Phi) is 9.70. The molecule has 1 aromatic carbocycles. The van der Waals surface area contributed by atoms with Crippen LogP contribution in [0.5, 0.6) is 0 Å². The van der Waals surface area contributed by atoms with E-state index in [0.717, 1.165) is 12.1 Å². The number of hydrogen-bond donors (Lipinski definition) is 7. The molecule has 2 heterocycles. The summed E-state index contributed by atoms with van der Waals surface area (Å²) in [6, 6.07) is 3.48. The minimum absolute atomic E-state index is 0.00860. The molecule has 0 radical (unpaired) electrons. The van der Waals surface area contributed by atoms with E-state index in [1.54, 1.807) is 0 Å². The molecule has 1 aliphatic rings. The number of nitrogens with zero attached hydrogens (tertiary/aromatic N) is 2. The number of benzene rings is 1. The average Bonchev–Trinajstić information content (AvgIpc) is 2.87. The van der Waals surface area contributed by atoms with Crippen molar-refractivity contribution in [2.75, 3.05) is 25.0 Å². The topological polar surface area (TPSA) is 185 Å². The number of anilines is 1. The van der Waals surface area contributed by atoms with Gasteiger partial charge >= 0.3 is 12.1 Å². The van der Waals surface area contributed by atoms with Gasteiger partial charge in [-0.3, -0.25) is 24.4 Å². The molecule has 1 aliphatic heterocycles. The molecule has 0 bridgehead atoms. The van der Waals surface area contributed by atoms with Gasteiger partial charge in [-0.2, -0.15) is 13.2 Å². The van der Waals surface area contributed by atoms with Gasteiger partial charge in [0.15, 0.2) is 11.6 Å². The highest BCUT2D eigenvalue weighted by Crippen LogP contribution is 2.40. The number of β-amino-alcohol motifs (C(OH)–C–C–N with tert-alkyl or cyclic N) is 1. The van der Waals surface area contributed by atoms with Crippen LogP contribution in [0, 0.1) is 0 Å². The average molecular weight is 631 g/mol. The highest BCUT2D eigenvalue weighted by atomic mass is 79.9. The van der Waals surface area contributed by atoms with Crippen LogP contribution in [-0.2, 0) is 15.2 Å². The van der Waals surface area contributed by atoms with Gasteiger partial charge in [0.1, 0.15) is 0 Å². The minimum atomic E-state index is -5.02. The second-order valence-electron chi connectivity index (χ2n) is 9.06. The molecule has 3 atom stereocenters. The van der Waals surface area contributed by atoms with Gasteiger partial charge in [-0.15, -0.1) is 0 Å². The number of halogens is 4. The smallest absolute Gasteiger partial charge is 0.421 e. The Morgan fingerprint density at radius 2 is 1.93 bits per heavy atom. The maximum absolute atomic E-state index is 13.4. The van der Waals surface area contributed by atoms with Crippen molar-refractivity contribution in [3.63, 3.8) is 0 Å². The molecule has 0 saturated heterocycles. The molecular weight excluding hydrogens is 605 g/mol. The number of carboxylic acids is 1. The fraction of sp³-hybridized carbons (Fsp3) is 0.375. The third-order valence-corrected chi connectivity index (χ3v) is 6.25. The predicted molar refractivity (Wildman–Crippen MR) is 139 cm³/mol. The van der Waals surface area contributed by atoms with E-state index in [9.17, 15) is 42.9 Å². The number of aliphatic carboxylic acids is 1. The number of nitrogens with one attached hydrogen (secondary N) is 4. The number of alkyl halides is 3. The number of guanidine groups is 1. The lowest BCUT2D eigenvalue weighted by Gasteiger charge is -2.28. The highest BCUT2D eigenvalue weighted by Gasteiger charge is 2.51. The minimum Gasteiger partial charge on any atom is -0.481 e.